The molecule has 42 heavy (non-hydrogen) atoms. The Balaban J connectivity index is 1.69. The molecule has 1 aromatic rings. The number of carboxylic acids is 1. The number of rotatable bonds is 31. The molecule has 0 radical (unpaired) electrons. The molecule has 0 amide bonds. The number of aliphatic carboxylic acids is 1. The van der Waals surface area contributed by atoms with Crippen molar-refractivity contribution in [2.24, 2.45) is 0 Å². The van der Waals surface area contributed by atoms with Gasteiger partial charge in [0.05, 0.1) is 112 Å². The molecular formula is C28H44O14. The Morgan fingerprint density at radius 2 is 0.762 bits per heavy atom. The van der Waals surface area contributed by atoms with E-state index in [9.17, 15) is 14.4 Å². The normalized spacial score (nSPS) is 11.0. The average molecular weight is 605 g/mol. The third-order valence-corrected chi connectivity index (χ3v) is 4.88. The number of benzene rings is 1. The van der Waals surface area contributed by atoms with Crippen molar-refractivity contribution in [3.63, 3.8) is 0 Å². The van der Waals surface area contributed by atoms with E-state index in [2.05, 4.69) is 0 Å². The monoisotopic (exact) mass is 604 g/mol. The average Bonchev–Trinajstić information content (AvgIpc) is 3.00. The lowest BCUT2D eigenvalue weighted by Crippen LogP contribution is -2.20. The summed E-state index contributed by atoms with van der Waals surface area (Å²) in [6, 6.07) is 8.23. The summed E-state index contributed by atoms with van der Waals surface area (Å²) in [5, 5.41) is 8.41. The molecule has 0 saturated carbocycles. The van der Waals surface area contributed by atoms with Gasteiger partial charge in [-0.3, -0.25) is 4.79 Å². The van der Waals surface area contributed by atoms with E-state index in [1.165, 1.54) is 0 Å². The fourth-order valence-electron chi connectivity index (χ4n) is 2.89. The van der Waals surface area contributed by atoms with Crippen molar-refractivity contribution in [2.75, 3.05) is 126 Å². The molecule has 14 nitrogen and oxygen atoms in total. The Morgan fingerprint density at radius 3 is 1.10 bits per heavy atom. The second kappa shape index (κ2) is 28.6. The number of carbonyl (C=O) groups excluding carboxylic acids is 2. The largest absolute Gasteiger partial charge is 0.480 e. The first-order valence-corrected chi connectivity index (χ1v) is 13.8. The molecule has 1 rings (SSSR count). The van der Waals surface area contributed by atoms with Crippen LogP contribution in [0, 0.1) is 0 Å². The van der Waals surface area contributed by atoms with Crippen LogP contribution in [0.1, 0.15) is 10.4 Å². The van der Waals surface area contributed by atoms with Crippen molar-refractivity contribution in [1.82, 2.24) is 0 Å². The summed E-state index contributed by atoms with van der Waals surface area (Å²) in [5.41, 5.74) is 0.290. The minimum atomic E-state index is -1.00. The number of ether oxygens (including phenoxy) is 10. The third kappa shape index (κ3) is 24.1. The predicted octanol–water partition coefficient (Wildman–Crippen LogP) is 0.647. The highest BCUT2D eigenvalue weighted by molar-refractivity contribution is 6.40. The van der Waals surface area contributed by atoms with Crippen LogP contribution in [0.5, 0.6) is 0 Å². The summed E-state index contributed by atoms with van der Waals surface area (Å²) >= 11 is 0. The Kier molecular flexibility index (Phi) is 25.5. The number of esters is 1. The van der Waals surface area contributed by atoms with Crippen LogP contribution in [0.25, 0.3) is 0 Å². The van der Waals surface area contributed by atoms with Gasteiger partial charge in [-0.15, -0.1) is 0 Å². The SMILES string of the molecule is O=C(O)COCCOCCOCCOCCOCCOCCOCCOCCOCCOC(=O)C(=O)c1ccccc1. The predicted molar refractivity (Wildman–Crippen MR) is 147 cm³/mol. The topological polar surface area (TPSA) is 164 Å². The molecule has 0 heterocycles. The van der Waals surface area contributed by atoms with Gasteiger partial charge in [0.2, 0.25) is 0 Å². The first kappa shape index (κ1) is 37.5. The highest BCUT2D eigenvalue weighted by Gasteiger charge is 2.17. The summed E-state index contributed by atoms with van der Waals surface area (Å²) in [6.45, 7) is 6.37. The van der Waals surface area contributed by atoms with Gasteiger partial charge in [0.15, 0.2) is 0 Å². The Hall–Kier alpha value is -2.53. The van der Waals surface area contributed by atoms with Crippen LogP contribution in [0.3, 0.4) is 0 Å². The lowest BCUT2D eigenvalue weighted by molar-refractivity contribution is -0.143. The van der Waals surface area contributed by atoms with Gasteiger partial charge < -0.3 is 52.5 Å². The van der Waals surface area contributed by atoms with Crippen molar-refractivity contribution >= 4 is 17.7 Å². The first-order valence-electron chi connectivity index (χ1n) is 13.8. The molecular weight excluding hydrogens is 560 g/mol. The van der Waals surface area contributed by atoms with Crippen molar-refractivity contribution in [3.05, 3.63) is 35.9 Å². The summed E-state index contributed by atoms with van der Waals surface area (Å²) < 4.78 is 52.6. The first-order chi connectivity index (χ1) is 20.6. The Labute approximate surface area is 246 Å². The molecule has 0 spiro atoms. The zero-order valence-corrected chi connectivity index (χ0v) is 24.1. The molecule has 240 valence electrons. The van der Waals surface area contributed by atoms with Crippen molar-refractivity contribution in [3.8, 4) is 0 Å². The molecule has 1 aromatic carbocycles. The Morgan fingerprint density at radius 1 is 0.452 bits per heavy atom. The van der Waals surface area contributed by atoms with Crippen LogP contribution < -0.4 is 0 Å². The highest BCUT2D eigenvalue weighted by Crippen LogP contribution is 2.01. The molecule has 14 heteroatoms. The minimum absolute atomic E-state index is 0.00883. The number of ketones is 1. The second-order valence-electron chi connectivity index (χ2n) is 8.18. The van der Waals surface area contributed by atoms with Crippen LogP contribution in [0.4, 0.5) is 0 Å². The van der Waals surface area contributed by atoms with Gasteiger partial charge in [0, 0.05) is 5.56 Å². The fourth-order valence-corrected chi connectivity index (χ4v) is 2.89. The second-order valence-corrected chi connectivity index (χ2v) is 8.18. The fraction of sp³-hybridized carbons (Fsp3) is 0.679. The summed E-state index contributed by atoms with van der Waals surface area (Å²) in [7, 11) is 0. The maximum Gasteiger partial charge on any atom is 0.379 e. The summed E-state index contributed by atoms with van der Waals surface area (Å²) in [4.78, 5) is 33.8. The lowest BCUT2D eigenvalue weighted by atomic mass is 10.1. The summed E-state index contributed by atoms with van der Waals surface area (Å²) in [5.74, 6) is -2.59. The number of Topliss-reactive ketones (excluding diaryl/α,β-unsaturated/α-hetero) is 1. The van der Waals surface area contributed by atoms with Crippen molar-refractivity contribution in [2.45, 2.75) is 0 Å². The van der Waals surface area contributed by atoms with E-state index in [1.54, 1.807) is 30.3 Å². The van der Waals surface area contributed by atoms with Gasteiger partial charge in [-0.2, -0.15) is 0 Å². The van der Waals surface area contributed by atoms with E-state index in [4.69, 9.17) is 52.5 Å². The van der Waals surface area contributed by atoms with E-state index in [0.717, 1.165) is 0 Å². The van der Waals surface area contributed by atoms with Gasteiger partial charge >= 0.3 is 11.9 Å². The van der Waals surface area contributed by atoms with Crippen molar-refractivity contribution in [1.29, 1.82) is 0 Å². The van der Waals surface area contributed by atoms with Gasteiger partial charge in [-0.25, -0.2) is 9.59 Å². The van der Waals surface area contributed by atoms with Crippen LogP contribution in [-0.4, -0.2) is 148 Å². The van der Waals surface area contributed by atoms with E-state index < -0.39 is 17.7 Å². The standard InChI is InChI=1S/C28H44O14/c29-26(30)24-41-21-20-39-17-16-37-13-12-35-9-8-33-6-7-34-10-11-36-14-15-38-18-19-40-22-23-42-28(32)27(31)25-4-2-1-3-5-25/h1-5H,6-24H2,(H,29,30). The molecule has 0 fully saturated rings. The van der Waals surface area contributed by atoms with Crippen molar-refractivity contribution < 1.29 is 66.9 Å². The number of carboxylic acid groups (broad SMARTS) is 1. The molecule has 0 aliphatic carbocycles. The maximum absolute atomic E-state index is 11.9. The van der Waals surface area contributed by atoms with E-state index in [-0.39, 0.29) is 26.4 Å². The van der Waals surface area contributed by atoms with Gasteiger partial charge in [-0.05, 0) is 0 Å². The highest BCUT2D eigenvalue weighted by atomic mass is 16.6. The van der Waals surface area contributed by atoms with Crippen LogP contribution in [0.15, 0.2) is 30.3 Å². The van der Waals surface area contributed by atoms with Gasteiger partial charge in [0.1, 0.15) is 13.2 Å². The molecule has 0 bridgehead atoms. The van der Waals surface area contributed by atoms with Crippen LogP contribution in [0.2, 0.25) is 0 Å². The lowest BCUT2D eigenvalue weighted by Gasteiger charge is -2.09. The number of hydrogen-bond acceptors (Lipinski definition) is 13. The van der Waals surface area contributed by atoms with E-state index in [1.807, 2.05) is 0 Å². The third-order valence-electron chi connectivity index (χ3n) is 4.88. The molecule has 1 N–H and O–H groups in total. The number of hydrogen-bond donors (Lipinski definition) is 1. The van der Waals surface area contributed by atoms with E-state index >= 15 is 0 Å². The molecule has 0 aromatic heterocycles. The van der Waals surface area contributed by atoms with Gasteiger partial charge in [0.25, 0.3) is 5.78 Å². The van der Waals surface area contributed by atoms with E-state index in [0.29, 0.717) is 105 Å². The zero-order chi connectivity index (χ0) is 30.4. The van der Waals surface area contributed by atoms with Gasteiger partial charge in [-0.1, -0.05) is 30.3 Å². The summed E-state index contributed by atoms with van der Waals surface area (Å²) in [6.07, 6.45) is 0. The molecule has 0 atom stereocenters. The molecule has 0 aliphatic heterocycles. The molecule has 0 saturated heterocycles. The van der Waals surface area contributed by atoms with Crippen LogP contribution in [-0.2, 0) is 57.0 Å². The zero-order valence-electron chi connectivity index (χ0n) is 24.1. The Bertz CT molecular complexity index is 792. The quantitative estimate of drug-likeness (QED) is 0.0543. The molecule has 0 unspecified atom stereocenters. The minimum Gasteiger partial charge on any atom is -0.480 e. The van der Waals surface area contributed by atoms with Crippen LogP contribution >= 0.6 is 0 Å². The molecule has 0 aliphatic rings. The maximum atomic E-state index is 11.9. The smallest absolute Gasteiger partial charge is 0.379 e. The number of carbonyl (C=O) groups is 3.